The Kier molecular flexibility index (Phi) is 13.8. The van der Waals surface area contributed by atoms with Gasteiger partial charge in [-0.05, 0) is 90.8 Å². The second-order valence-electron chi connectivity index (χ2n) is 12.1. The van der Waals surface area contributed by atoms with E-state index in [1.165, 1.54) is 17.0 Å². The second-order valence-corrected chi connectivity index (χ2v) is 12.1. The molecule has 254 valence electrons. The van der Waals surface area contributed by atoms with Crippen molar-refractivity contribution in [3.05, 3.63) is 39.4 Å². The van der Waals surface area contributed by atoms with Gasteiger partial charge < -0.3 is 29.6 Å². The number of ether oxygens (including phenoxy) is 1. The topological polar surface area (TPSA) is 171 Å². The quantitative estimate of drug-likeness (QED) is 0.0815. The zero-order valence-corrected chi connectivity index (χ0v) is 28.1. The zero-order valence-electron chi connectivity index (χ0n) is 28.1. The highest BCUT2D eigenvalue weighted by atomic mass is 16.6. The van der Waals surface area contributed by atoms with Crippen molar-refractivity contribution in [2.75, 3.05) is 39.8 Å². The number of phenols is 2. The van der Waals surface area contributed by atoms with Crippen molar-refractivity contribution >= 4 is 40.2 Å². The van der Waals surface area contributed by atoms with Crippen molar-refractivity contribution in [3.8, 4) is 11.5 Å². The fraction of sp³-hybridized carbons (Fsp3) is 0.576. The Bertz CT molecular complexity index is 1430. The number of hydrogen-bond acceptors (Lipinski definition) is 9. The van der Waals surface area contributed by atoms with E-state index in [1.807, 2.05) is 20.8 Å². The van der Waals surface area contributed by atoms with Crippen LogP contribution in [0.1, 0.15) is 101 Å². The molecule has 0 atom stereocenters. The van der Waals surface area contributed by atoms with Gasteiger partial charge in [0, 0.05) is 52.6 Å². The van der Waals surface area contributed by atoms with Crippen LogP contribution in [0.3, 0.4) is 0 Å². The highest BCUT2D eigenvalue weighted by molar-refractivity contribution is 6.12. The van der Waals surface area contributed by atoms with Crippen molar-refractivity contribution in [1.29, 1.82) is 0 Å². The summed E-state index contributed by atoms with van der Waals surface area (Å²) < 4.78 is 5.29. The summed E-state index contributed by atoms with van der Waals surface area (Å²) in [6, 6.07) is 3.71. The average molecular weight is 645 g/mol. The molecule has 0 bridgehead atoms. The predicted octanol–water partition coefficient (Wildman–Crippen LogP) is 5.24. The zero-order chi connectivity index (χ0) is 34.8. The fourth-order valence-corrected chi connectivity index (χ4v) is 5.10. The van der Waals surface area contributed by atoms with Gasteiger partial charge in [-0.1, -0.05) is 0 Å². The number of nitrogens with zero attached hydrogens (tertiary/aromatic N) is 4. The number of rotatable bonds is 16. The monoisotopic (exact) mass is 644 g/mol. The summed E-state index contributed by atoms with van der Waals surface area (Å²) in [7, 11) is 1.71. The number of hydrogen-bond donors (Lipinski definition) is 2. The average Bonchev–Trinajstić information content (AvgIpc) is 2.98. The highest BCUT2D eigenvalue weighted by Crippen LogP contribution is 2.42. The smallest absolute Gasteiger partial charge is 0.322 e. The van der Waals surface area contributed by atoms with E-state index in [2.05, 4.69) is 0 Å². The number of nitro groups is 1. The molecule has 46 heavy (non-hydrogen) atoms. The van der Waals surface area contributed by atoms with E-state index >= 15 is 0 Å². The largest absolute Gasteiger partial charge is 0.504 e. The standard InChI is InChI=1S/C33H48N4O9/c1-8-35(9-2)31(42)25-21-23-22(20-26(38)30(41)29(23)37(44)45)19-24(25)32(43)36(10-3)18-14-13-17-34(7)27(39)15-11-12-16-28(40)46-33(4,5)6/h19-21,38,41H,8-18H2,1-7H3. The molecule has 0 aliphatic heterocycles. The number of fused-ring (bicyclic) bond motifs is 1. The van der Waals surface area contributed by atoms with Crippen LogP contribution in [-0.2, 0) is 14.3 Å². The number of nitro benzene ring substituents is 1. The van der Waals surface area contributed by atoms with E-state index in [9.17, 15) is 39.5 Å². The molecule has 0 aliphatic carbocycles. The van der Waals surface area contributed by atoms with Crippen LogP contribution < -0.4 is 0 Å². The molecule has 2 rings (SSSR count). The van der Waals surface area contributed by atoms with Crippen LogP contribution in [0.5, 0.6) is 11.5 Å². The van der Waals surface area contributed by atoms with Crippen LogP contribution in [0.15, 0.2) is 18.2 Å². The van der Waals surface area contributed by atoms with Crippen molar-refractivity contribution in [2.24, 2.45) is 0 Å². The molecular formula is C33H48N4O9. The van der Waals surface area contributed by atoms with E-state index < -0.39 is 39.5 Å². The molecule has 2 N–H and O–H groups in total. The van der Waals surface area contributed by atoms with Gasteiger partial charge in [0.2, 0.25) is 11.7 Å². The molecule has 2 aromatic rings. The van der Waals surface area contributed by atoms with E-state index in [0.29, 0.717) is 64.8 Å². The van der Waals surface area contributed by atoms with Gasteiger partial charge in [-0.15, -0.1) is 0 Å². The first-order chi connectivity index (χ1) is 21.6. The molecule has 2 aromatic carbocycles. The lowest BCUT2D eigenvalue weighted by atomic mass is 9.97. The number of unbranched alkanes of at least 4 members (excludes halogenated alkanes) is 2. The van der Waals surface area contributed by atoms with Gasteiger partial charge in [-0.3, -0.25) is 29.3 Å². The highest BCUT2D eigenvalue weighted by Gasteiger charge is 2.29. The Morgan fingerprint density at radius 1 is 0.826 bits per heavy atom. The van der Waals surface area contributed by atoms with Crippen LogP contribution in [0.25, 0.3) is 10.8 Å². The molecule has 0 saturated carbocycles. The Balaban J connectivity index is 2.14. The lowest BCUT2D eigenvalue weighted by Crippen LogP contribution is -2.36. The van der Waals surface area contributed by atoms with Gasteiger partial charge in [-0.2, -0.15) is 0 Å². The number of benzene rings is 2. The molecule has 0 unspecified atom stereocenters. The van der Waals surface area contributed by atoms with Crippen molar-refractivity contribution in [3.63, 3.8) is 0 Å². The van der Waals surface area contributed by atoms with E-state index in [4.69, 9.17) is 4.74 Å². The van der Waals surface area contributed by atoms with Crippen LogP contribution >= 0.6 is 0 Å². The lowest BCUT2D eigenvalue weighted by Gasteiger charge is -2.25. The molecule has 13 nitrogen and oxygen atoms in total. The molecule has 0 radical (unpaired) electrons. The Morgan fingerprint density at radius 2 is 1.37 bits per heavy atom. The van der Waals surface area contributed by atoms with Gasteiger partial charge in [0.15, 0.2) is 5.75 Å². The molecule has 0 spiro atoms. The number of carbonyl (C=O) groups is 4. The minimum Gasteiger partial charge on any atom is -0.504 e. The summed E-state index contributed by atoms with van der Waals surface area (Å²) in [5, 5.41) is 32.2. The summed E-state index contributed by atoms with van der Waals surface area (Å²) in [6.45, 7) is 12.6. The fourth-order valence-electron chi connectivity index (χ4n) is 5.10. The Morgan fingerprint density at radius 3 is 1.93 bits per heavy atom. The van der Waals surface area contributed by atoms with Crippen LogP contribution in [0, 0.1) is 10.1 Å². The normalized spacial score (nSPS) is 11.3. The molecule has 0 aliphatic rings. The SMILES string of the molecule is CCN(CC)C(=O)c1cc2c([N+](=O)[O-])c(O)c(O)cc2cc1C(=O)N(CC)CCCCN(C)C(=O)CCCCC(=O)OC(C)(C)C. The number of amides is 3. The van der Waals surface area contributed by atoms with Crippen molar-refractivity contribution < 1.29 is 39.1 Å². The van der Waals surface area contributed by atoms with E-state index in [-0.39, 0.29) is 40.2 Å². The minimum absolute atomic E-state index is 0.0318. The van der Waals surface area contributed by atoms with Gasteiger partial charge in [0.25, 0.3) is 11.8 Å². The van der Waals surface area contributed by atoms with Crippen LogP contribution in [0.2, 0.25) is 0 Å². The maximum Gasteiger partial charge on any atom is 0.322 e. The molecule has 0 fully saturated rings. The first-order valence-electron chi connectivity index (χ1n) is 15.8. The third-order valence-corrected chi connectivity index (χ3v) is 7.61. The van der Waals surface area contributed by atoms with E-state index in [0.717, 1.165) is 6.07 Å². The molecule has 3 amide bonds. The molecule has 0 heterocycles. The third kappa shape index (κ3) is 10.0. The molecular weight excluding hydrogens is 596 g/mol. The summed E-state index contributed by atoms with van der Waals surface area (Å²) in [5.41, 5.74) is -1.30. The van der Waals surface area contributed by atoms with Crippen LogP contribution in [0.4, 0.5) is 5.69 Å². The summed E-state index contributed by atoms with van der Waals surface area (Å²) >= 11 is 0. The number of esters is 1. The maximum absolute atomic E-state index is 13.8. The van der Waals surface area contributed by atoms with Crippen molar-refractivity contribution in [1.82, 2.24) is 14.7 Å². The maximum atomic E-state index is 13.8. The first-order valence-corrected chi connectivity index (χ1v) is 15.8. The number of phenolic OH excluding ortho intramolecular Hbond substituents is 2. The van der Waals surface area contributed by atoms with Gasteiger partial charge in [0.05, 0.1) is 21.4 Å². The van der Waals surface area contributed by atoms with Crippen LogP contribution in [-0.4, -0.2) is 98.9 Å². The summed E-state index contributed by atoms with van der Waals surface area (Å²) in [4.78, 5) is 67.4. The third-order valence-electron chi connectivity index (χ3n) is 7.61. The molecule has 0 saturated heterocycles. The van der Waals surface area contributed by atoms with E-state index in [1.54, 1.807) is 37.6 Å². The Labute approximate surface area is 270 Å². The number of carbonyl (C=O) groups excluding carboxylic acids is 4. The number of aromatic hydroxyl groups is 2. The van der Waals surface area contributed by atoms with Crippen molar-refractivity contribution in [2.45, 2.75) is 85.7 Å². The minimum atomic E-state index is -0.919. The van der Waals surface area contributed by atoms with Gasteiger partial charge in [0.1, 0.15) is 5.60 Å². The molecule has 0 aromatic heterocycles. The summed E-state index contributed by atoms with van der Waals surface area (Å²) in [5.74, 6) is -2.89. The van der Waals surface area contributed by atoms with Gasteiger partial charge in [-0.25, -0.2) is 0 Å². The Hall–Kier alpha value is -4.42. The van der Waals surface area contributed by atoms with Gasteiger partial charge >= 0.3 is 11.7 Å². The lowest BCUT2D eigenvalue weighted by molar-refractivity contribution is -0.384. The molecule has 13 heteroatoms. The second kappa shape index (κ2) is 16.8. The first kappa shape index (κ1) is 37.8. The predicted molar refractivity (Wildman–Crippen MR) is 174 cm³/mol. The summed E-state index contributed by atoms with van der Waals surface area (Å²) in [6.07, 6.45) is 2.89.